The maximum Gasteiger partial charge on any atom is 0.255 e. The quantitative estimate of drug-likeness (QED) is 0.401. The lowest BCUT2D eigenvalue weighted by Crippen LogP contribution is -2.52. The van der Waals surface area contributed by atoms with Crippen molar-refractivity contribution in [1.29, 1.82) is 0 Å². The normalized spacial score (nSPS) is 25.7. The van der Waals surface area contributed by atoms with E-state index < -0.39 is 56.2 Å². The van der Waals surface area contributed by atoms with E-state index in [2.05, 4.69) is 10.3 Å². The molecule has 0 aliphatic heterocycles. The first-order chi connectivity index (χ1) is 18.0. The van der Waals surface area contributed by atoms with Crippen LogP contribution in [0.25, 0.3) is 0 Å². The second-order valence-corrected chi connectivity index (χ2v) is 12.5. The smallest absolute Gasteiger partial charge is 0.255 e. The molecule has 1 heterocycles. The Labute approximate surface area is 223 Å². The SMILES string of the molecule is O=C(Nc1ccc(F)c(F)c1)c1ccc(Cl)c(S(=O)(=O)[C@@H]2CC3CC[C@@H](C2)[C@@]3(O)C(O)c2ccccn2)c1. The number of hydrogen-bond donors (Lipinski definition) is 3. The fraction of sp³-hybridized carbons (Fsp3) is 0.333. The third kappa shape index (κ3) is 4.59. The van der Waals surface area contributed by atoms with E-state index in [4.69, 9.17) is 11.6 Å². The minimum atomic E-state index is -4.03. The van der Waals surface area contributed by atoms with Crippen molar-refractivity contribution in [2.45, 2.75) is 47.5 Å². The average Bonchev–Trinajstić information content (AvgIpc) is 3.06. The summed E-state index contributed by atoms with van der Waals surface area (Å²) in [6, 6.07) is 11.7. The number of sulfone groups is 1. The van der Waals surface area contributed by atoms with Gasteiger partial charge in [0.15, 0.2) is 21.5 Å². The van der Waals surface area contributed by atoms with Crippen molar-refractivity contribution in [3.05, 3.63) is 88.7 Å². The second kappa shape index (κ2) is 10.00. The van der Waals surface area contributed by atoms with Crippen LogP contribution in [-0.2, 0) is 9.84 Å². The van der Waals surface area contributed by atoms with E-state index in [-0.39, 0.29) is 34.0 Å². The van der Waals surface area contributed by atoms with E-state index in [0.29, 0.717) is 18.5 Å². The number of aromatic nitrogens is 1. The minimum absolute atomic E-state index is 0.00265. The average molecular weight is 563 g/mol. The number of anilines is 1. The molecular weight excluding hydrogens is 538 g/mol. The third-order valence-corrected chi connectivity index (χ3v) is 10.4. The van der Waals surface area contributed by atoms with Gasteiger partial charge in [0.1, 0.15) is 11.7 Å². The summed E-state index contributed by atoms with van der Waals surface area (Å²) >= 11 is 6.28. The van der Waals surface area contributed by atoms with Gasteiger partial charge in [-0.25, -0.2) is 17.2 Å². The van der Waals surface area contributed by atoms with Crippen LogP contribution in [0.2, 0.25) is 5.02 Å². The van der Waals surface area contributed by atoms with Gasteiger partial charge in [0.05, 0.1) is 20.9 Å². The van der Waals surface area contributed by atoms with Crippen LogP contribution in [0.3, 0.4) is 0 Å². The van der Waals surface area contributed by atoms with Gasteiger partial charge in [-0.15, -0.1) is 0 Å². The number of aliphatic hydroxyl groups is 2. The molecule has 38 heavy (non-hydrogen) atoms. The molecule has 2 unspecified atom stereocenters. The van der Waals surface area contributed by atoms with Crippen LogP contribution < -0.4 is 5.32 Å². The zero-order valence-electron chi connectivity index (χ0n) is 20.0. The number of benzene rings is 2. The largest absolute Gasteiger partial charge is 0.386 e. The fourth-order valence-corrected chi connectivity index (χ4v) is 8.24. The van der Waals surface area contributed by atoms with Gasteiger partial charge in [0.2, 0.25) is 0 Å². The predicted octanol–water partition coefficient (Wildman–Crippen LogP) is 4.69. The number of carbonyl (C=O) groups excluding carboxylic acids is 1. The maximum atomic E-state index is 13.7. The number of carbonyl (C=O) groups is 1. The Bertz CT molecular complexity index is 1470. The molecule has 200 valence electrons. The topological polar surface area (TPSA) is 117 Å². The van der Waals surface area contributed by atoms with Gasteiger partial charge in [0, 0.05) is 23.5 Å². The van der Waals surface area contributed by atoms with Crippen molar-refractivity contribution in [3.63, 3.8) is 0 Å². The van der Waals surface area contributed by atoms with E-state index in [9.17, 15) is 32.2 Å². The van der Waals surface area contributed by atoms with Crippen molar-refractivity contribution in [3.8, 4) is 0 Å². The van der Waals surface area contributed by atoms with Crippen LogP contribution in [0.5, 0.6) is 0 Å². The molecule has 11 heteroatoms. The summed E-state index contributed by atoms with van der Waals surface area (Å²) in [6.45, 7) is 0. The number of fused-ring (bicyclic) bond motifs is 2. The minimum Gasteiger partial charge on any atom is -0.386 e. The molecule has 2 fully saturated rings. The van der Waals surface area contributed by atoms with Crippen LogP contribution >= 0.6 is 11.6 Å². The molecule has 2 saturated carbocycles. The van der Waals surface area contributed by atoms with Gasteiger partial charge in [-0.2, -0.15) is 0 Å². The molecule has 0 spiro atoms. The summed E-state index contributed by atoms with van der Waals surface area (Å²) < 4.78 is 54.2. The molecular formula is C27H25ClF2N2O5S. The molecule has 2 bridgehead atoms. The second-order valence-electron chi connectivity index (χ2n) is 9.88. The number of nitrogens with zero attached hydrogens (tertiary/aromatic N) is 1. The van der Waals surface area contributed by atoms with E-state index in [1.165, 1.54) is 30.5 Å². The Morgan fingerprint density at radius 1 is 1.05 bits per heavy atom. The van der Waals surface area contributed by atoms with E-state index in [1.807, 2.05) is 0 Å². The standard InChI is InChI=1S/C27H25ClF2N2O5S/c28-20-8-4-15(26(34)32-18-7-9-21(29)22(30)14-18)11-24(20)38(36,37)19-12-16-5-6-17(13-19)27(16,35)25(33)23-3-1-2-10-31-23/h1-4,7-11,14,16-17,19,25,33,35H,5-6,12-13H2,(H,32,34)/t16-,17?,19-,25?,27-/m0/s1. The Kier molecular flexibility index (Phi) is 7.02. The van der Waals surface area contributed by atoms with Crippen molar-refractivity contribution in [2.75, 3.05) is 5.32 Å². The molecule has 2 aliphatic carbocycles. The van der Waals surface area contributed by atoms with Crippen LogP contribution in [0.1, 0.15) is 47.8 Å². The van der Waals surface area contributed by atoms with Gasteiger partial charge in [-0.05, 0) is 80.0 Å². The zero-order valence-corrected chi connectivity index (χ0v) is 21.6. The highest BCUT2D eigenvalue weighted by Crippen LogP contribution is 2.56. The lowest BCUT2D eigenvalue weighted by molar-refractivity contribution is -0.145. The number of nitrogens with one attached hydrogen (secondary N) is 1. The molecule has 5 atom stereocenters. The van der Waals surface area contributed by atoms with Crippen molar-refractivity contribution < 1.29 is 32.2 Å². The summed E-state index contributed by atoms with van der Waals surface area (Å²) in [5.74, 6) is -3.87. The van der Waals surface area contributed by atoms with Gasteiger partial charge in [-0.1, -0.05) is 17.7 Å². The molecule has 5 rings (SSSR count). The molecule has 3 aromatic rings. The third-order valence-electron chi connectivity index (χ3n) is 7.79. The molecule has 0 radical (unpaired) electrons. The number of halogens is 3. The highest BCUT2D eigenvalue weighted by atomic mass is 35.5. The van der Waals surface area contributed by atoms with Gasteiger partial charge < -0.3 is 15.5 Å². The summed E-state index contributed by atoms with van der Waals surface area (Å²) in [7, 11) is -4.03. The summed E-state index contributed by atoms with van der Waals surface area (Å²) in [5.41, 5.74) is -1.20. The number of hydrogen-bond acceptors (Lipinski definition) is 6. The Hall–Kier alpha value is -2.92. The predicted molar refractivity (Wildman–Crippen MR) is 136 cm³/mol. The summed E-state index contributed by atoms with van der Waals surface area (Å²) in [4.78, 5) is 16.7. The Balaban J connectivity index is 1.39. The van der Waals surface area contributed by atoms with Crippen LogP contribution in [0, 0.1) is 23.5 Å². The molecule has 7 nitrogen and oxygen atoms in total. The van der Waals surface area contributed by atoms with Gasteiger partial charge in [-0.3, -0.25) is 9.78 Å². The van der Waals surface area contributed by atoms with Crippen molar-refractivity contribution in [2.24, 2.45) is 11.8 Å². The Morgan fingerprint density at radius 3 is 2.39 bits per heavy atom. The zero-order chi connectivity index (χ0) is 27.2. The fourth-order valence-electron chi connectivity index (χ4n) is 5.84. The van der Waals surface area contributed by atoms with Crippen LogP contribution in [-0.4, -0.2) is 40.4 Å². The lowest BCUT2D eigenvalue weighted by Gasteiger charge is -2.45. The van der Waals surface area contributed by atoms with E-state index in [1.54, 1.807) is 18.2 Å². The number of rotatable bonds is 6. The Morgan fingerprint density at radius 2 is 1.76 bits per heavy atom. The number of aliphatic hydroxyl groups excluding tert-OH is 1. The van der Waals surface area contributed by atoms with E-state index >= 15 is 0 Å². The van der Waals surface area contributed by atoms with Gasteiger partial charge in [0.25, 0.3) is 5.91 Å². The first kappa shape index (κ1) is 26.7. The lowest BCUT2D eigenvalue weighted by atomic mass is 9.70. The van der Waals surface area contributed by atoms with Crippen molar-refractivity contribution >= 4 is 33.0 Å². The maximum absolute atomic E-state index is 13.7. The summed E-state index contributed by atoms with van der Waals surface area (Å²) in [6.07, 6.45) is 1.61. The van der Waals surface area contributed by atoms with Gasteiger partial charge >= 0.3 is 0 Å². The van der Waals surface area contributed by atoms with E-state index in [0.717, 1.165) is 12.1 Å². The molecule has 2 aromatic carbocycles. The van der Waals surface area contributed by atoms with Crippen LogP contribution in [0.4, 0.5) is 14.5 Å². The number of amides is 1. The first-order valence-electron chi connectivity index (χ1n) is 12.1. The monoisotopic (exact) mass is 562 g/mol. The highest BCUT2D eigenvalue weighted by molar-refractivity contribution is 7.92. The van der Waals surface area contributed by atoms with Crippen molar-refractivity contribution in [1.82, 2.24) is 4.98 Å². The molecule has 3 N–H and O–H groups in total. The molecule has 1 aromatic heterocycles. The first-order valence-corrected chi connectivity index (χ1v) is 14.1. The molecule has 1 amide bonds. The molecule has 2 aliphatic rings. The molecule has 0 saturated heterocycles. The highest BCUT2D eigenvalue weighted by Gasteiger charge is 2.59. The number of pyridine rings is 1. The van der Waals surface area contributed by atoms with Crippen LogP contribution in [0.15, 0.2) is 65.7 Å². The summed E-state index contributed by atoms with van der Waals surface area (Å²) in [5, 5.41) is 24.1.